The molecule has 1 fully saturated rings. The maximum atomic E-state index is 14.6. The van der Waals surface area contributed by atoms with Crippen LogP contribution in [0.3, 0.4) is 0 Å². The molecule has 0 aliphatic carbocycles. The van der Waals surface area contributed by atoms with Crippen molar-refractivity contribution in [3.8, 4) is 11.1 Å². The minimum absolute atomic E-state index is 0.207. The topological polar surface area (TPSA) is 93.3 Å². The summed E-state index contributed by atoms with van der Waals surface area (Å²) in [4.78, 5) is 25.2. The lowest BCUT2D eigenvalue weighted by Gasteiger charge is -2.38. The van der Waals surface area contributed by atoms with Gasteiger partial charge in [0.25, 0.3) is 11.8 Å². The maximum absolute atomic E-state index is 14.6. The number of nitrogens with zero attached hydrogens (tertiary/aromatic N) is 7. The number of benzene rings is 1. The first-order valence-corrected chi connectivity index (χ1v) is 18.7. The van der Waals surface area contributed by atoms with Gasteiger partial charge in [0.15, 0.2) is 0 Å². The monoisotopic (exact) mass is 638 g/mol. The van der Waals surface area contributed by atoms with Crippen molar-refractivity contribution in [2.45, 2.75) is 51.3 Å². The summed E-state index contributed by atoms with van der Waals surface area (Å²) in [6, 6.07) is 12.0. The summed E-state index contributed by atoms with van der Waals surface area (Å²) in [5.41, 5.74) is 4.24. The quantitative estimate of drug-likeness (QED) is 0.181. The molecule has 1 N–H and O–H groups in total. The molecule has 2 aliphatic rings. The molecule has 0 bridgehead atoms. The highest BCUT2D eigenvalue weighted by Crippen LogP contribution is 2.31. The smallest absolute Gasteiger partial charge is 0.282 e. The molecule has 0 spiro atoms. The Balaban J connectivity index is 1.08. The van der Waals surface area contributed by atoms with Crippen molar-refractivity contribution in [3.63, 3.8) is 0 Å². The molecular formula is C31H37F3N8O2Si. The number of halogens is 3. The zero-order chi connectivity index (χ0) is 31.9. The van der Waals surface area contributed by atoms with Crippen molar-refractivity contribution in [1.29, 1.82) is 0 Å². The van der Waals surface area contributed by atoms with Crippen molar-refractivity contribution in [3.05, 3.63) is 71.7 Å². The molecule has 4 aromatic rings. The first kappa shape index (κ1) is 30.8. The number of carbonyl (C=O) groups excluding carboxylic acids is 1. The van der Waals surface area contributed by atoms with Crippen molar-refractivity contribution in [1.82, 2.24) is 29.2 Å². The van der Waals surface area contributed by atoms with E-state index in [-0.39, 0.29) is 12.6 Å². The van der Waals surface area contributed by atoms with Crippen molar-refractivity contribution in [2.75, 3.05) is 36.5 Å². The minimum atomic E-state index is -2.81. The molecule has 0 saturated carbocycles. The summed E-state index contributed by atoms with van der Waals surface area (Å²) in [5, 5.41) is 7.25. The first-order chi connectivity index (χ1) is 21.3. The third-order valence-corrected chi connectivity index (χ3v) is 9.82. The Morgan fingerprint density at radius 2 is 1.89 bits per heavy atom. The number of nitrogens with one attached hydrogen (secondary N) is 1. The van der Waals surface area contributed by atoms with Gasteiger partial charge in [0.1, 0.15) is 18.2 Å². The van der Waals surface area contributed by atoms with E-state index in [4.69, 9.17) is 9.72 Å². The number of anilines is 3. The molecule has 45 heavy (non-hydrogen) atoms. The zero-order valence-electron chi connectivity index (χ0n) is 25.9. The van der Waals surface area contributed by atoms with Crippen LogP contribution in [-0.2, 0) is 31.5 Å². The second-order valence-corrected chi connectivity index (χ2v) is 18.5. The highest BCUT2D eigenvalue weighted by molar-refractivity contribution is 6.76. The van der Waals surface area contributed by atoms with E-state index in [1.54, 1.807) is 30.1 Å². The Morgan fingerprint density at radius 3 is 2.60 bits per heavy atom. The summed E-state index contributed by atoms with van der Waals surface area (Å²) in [5.74, 6) is -2.61. The summed E-state index contributed by atoms with van der Waals surface area (Å²) in [6.07, 6.45) is 4.00. The maximum Gasteiger partial charge on any atom is 0.282 e. The lowest BCUT2D eigenvalue weighted by Crippen LogP contribution is -2.58. The van der Waals surface area contributed by atoms with Crippen LogP contribution in [0.2, 0.25) is 25.7 Å². The molecule has 2 aliphatic heterocycles. The van der Waals surface area contributed by atoms with Gasteiger partial charge in [-0.15, -0.1) is 5.10 Å². The van der Waals surface area contributed by atoms with Gasteiger partial charge in [-0.3, -0.25) is 4.79 Å². The molecule has 1 aromatic carbocycles. The molecule has 1 amide bonds. The van der Waals surface area contributed by atoms with Crippen molar-refractivity contribution in [2.24, 2.45) is 7.05 Å². The molecule has 238 valence electrons. The molecule has 5 heterocycles. The minimum Gasteiger partial charge on any atom is -0.360 e. The van der Waals surface area contributed by atoms with Crippen LogP contribution < -0.4 is 10.2 Å². The Kier molecular flexibility index (Phi) is 8.20. The van der Waals surface area contributed by atoms with Crippen LogP contribution in [0.5, 0.6) is 0 Å². The fraction of sp³-hybridized carbons (Fsp3) is 0.419. The number of aromatic nitrogens is 5. The number of hydrogen-bond donors (Lipinski definition) is 1. The van der Waals surface area contributed by atoms with E-state index in [2.05, 4.69) is 35.0 Å². The lowest BCUT2D eigenvalue weighted by atomic mass is 10.1. The number of ether oxygens (including phenoxy) is 1. The number of fused-ring (bicyclic) bond motifs is 1. The van der Waals surface area contributed by atoms with Gasteiger partial charge in [-0.05, 0) is 47.9 Å². The molecule has 0 atom stereocenters. The van der Waals surface area contributed by atoms with E-state index >= 15 is 0 Å². The first-order valence-electron chi connectivity index (χ1n) is 15.0. The fourth-order valence-corrected chi connectivity index (χ4v) is 6.24. The van der Waals surface area contributed by atoms with Gasteiger partial charge in [-0.25, -0.2) is 18.4 Å². The van der Waals surface area contributed by atoms with Gasteiger partial charge in [0.05, 0.1) is 25.2 Å². The second-order valence-electron chi connectivity index (χ2n) is 12.9. The van der Waals surface area contributed by atoms with E-state index in [1.807, 2.05) is 35.2 Å². The zero-order valence-corrected chi connectivity index (χ0v) is 26.9. The van der Waals surface area contributed by atoms with E-state index in [0.29, 0.717) is 54.7 Å². The van der Waals surface area contributed by atoms with Gasteiger partial charge in [-0.2, -0.15) is 9.37 Å². The Morgan fingerprint density at radius 1 is 1.13 bits per heavy atom. The number of hydrogen-bond acceptors (Lipinski definition) is 7. The van der Waals surface area contributed by atoms with E-state index in [0.717, 1.165) is 23.0 Å². The number of amides is 1. The molecule has 10 nitrogen and oxygen atoms in total. The normalized spacial score (nSPS) is 16.0. The van der Waals surface area contributed by atoms with E-state index in [9.17, 15) is 18.0 Å². The van der Waals surface area contributed by atoms with E-state index < -0.39 is 33.0 Å². The summed E-state index contributed by atoms with van der Waals surface area (Å²) in [7, 11) is 0.589. The average Bonchev–Trinajstić information content (AvgIpc) is 3.52. The van der Waals surface area contributed by atoms with Crippen molar-refractivity contribution >= 4 is 31.4 Å². The summed E-state index contributed by atoms with van der Waals surface area (Å²) >= 11 is 0. The van der Waals surface area contributed by atoms with Crippen LogP contribution in [0.15, 0.2) is 48.8 Å². The number of alkyl halides is 2. The third kappa shape index (κ3) is 6.91. The third-order valence-electron chi connectivity index (χ3n) is 8.12. The molecular weight excluding hydrogens is 601 g/mol. The highest BCUT2D eigenvalue weighted by atomic mass is 28.3. The molecule has 0 radical (unpaired) electrons. The van der Waals surface area contributed by atoms with Crippen LogP contribution in [0.1, 0.15) is 21.7 Å². The second kappa shape index (κ2) is 12.0. The fourth-order valence-electron chi connectivity index (χ4n) is 5.48. The van der Waals surface area contributed by atoms with Gasteiger partial charge >= 0.3 is 0 Å². The van der Waals surface area contributed by atoms with Gasteiger partial charge < -0.3 is 24.4 Å². The number of rotatable bonds is 10. The standard InChI is InChI=1S/C31H37F3N8O2Si/c1-39-25(29(43)41-18-31(33,34)19-41)15-22-10-12-40(17-26(22)39)30-35-11-9-27(37-30)36-23-7-5-21(6-8-23)24-16-42(38-28(24)32)20-44-13-14-45(2,3)4/h5-9,11,15-16H,10,12-14,17-20H2,1-4H3,(H,35,36,37). The summed E-state index contributed by atoms with van der Waals surface area (Å²) in [6.45, 7) is 7.73. The molecule has 6 rings (SSSR count). The van der Waals surface area contributed by atoms with Crippen LogP contribution in [-0.4, -0.2) is 75.4 Å². The molecule has 14 heteroatoms. The van der Waals surface area contributed by atoms with Crippen LogP contribution in [0.25, 0.3) is 11.1 Å². The summed E-state index contributed by atoms with van der Waals surface area (Å²) < 4.78 is 50.3. The largest absolute Gasteiger partial charge is 0.360 e. The lowest BCUT2D eigenvalue weighted by molar-refractivity contribution is -0.113. The SMILES string of the molecule is Cn1c(C(=O)N2CC(F)(F)C2)cc2c1CN(c1nccc(Nc3ccc(-c4cn(COCC[Si](C)(C)C)nc4F)cc3)n1)CC2. The Hall–Kier alpha value is -4.17. The number of carbonyl (C=O) groups is 1. The van der Waals surface area contributed by atoms with Crippen LogP contribution in [0.4, 0.5) is 30.6 Å². The predicted molar refractivity (Wildman–Crippen MR) is 168 cm³/mol. The highest BCUT2D eigenvalue weighted by Gasteiger charge is 2.47. The molecule has 0 unspecified atom stereocenters. The molecule has 3 aromatic heterocycles. The number of likely N-dealkylation sites (tertiary alicyclic amines) is 1. The van der Waals surface area contributed by atoms with E-state index in [1.165, 1.54) is 9.58 Å². The van der Waals surface area contributed by atoms with Gasteiger partial charge in [0.2, 0.25) is 11.9 Å². The van der Waals surface area contributed by atoms with Gasteiger partial charge in [0, 0.05) is 52.0 Å². The average molecular weight is 639 g/mol. The van der Waals surface area contributed by atoms with Gasteiger partial charge in [-0.1, -0.05) is 31.8 Å². The molecule has 1 saturated heterocycles. The van der Waals surface area contributed by atoms with Crippen molar-refractivity contribution < 1.29 is 22.7 Å². The Bertz CT molecular complexity index is 1690. The predicted octanol–water partition coefficient (Wildman–Crippen LogP) is 5.53. The van der Waals surface area contributed by atoms with Crippen LogP contribution in [0, 0.1) is 5.95 Å². The Labute approximate surface area is 260 Å². The van der Waals surface area contributed by atoms with Crippen LogP contribution >= 0.6 is 0 Å².